The minimum absolute atomic E-state index is 0.0867. The summed E-state index contributed by atoms with van der Waals surface area (Å²) in [6.45, 7) is 6.99. The van der Waals surface area contributed by atoms with E-state index in [0.717, 1.165) is 35.0 Å². The van der Waals surface area contributed by atoms with Crippen molar-refractivity contribution in [2.45, 2.75) is 38.0 Å². The molecule has 172 valence electrons. The summed E-state index contributed by atoms with van der Waals surface area (Å²) < 4.78 is 5.88. The summed E-state index contributed by atoms with van der Waals surface area (Å²) in [5.41, 5.74) is 2.97. The van der Waals surface area contributed by atoms with Crippen LogP contribution in [0.25, 0.3) is 11.0 Å². The molecule has 0 aliphatic carbocycles. The molecule has 2 heterocycles. The molecule has 0 bridgehead atoms. The highest BCUT2D eigenvalue weighted by molar-refractivity contribution is 8.00. The van der Waals surface area contributed by atoms with Crippen LogP contribution in [-0.4, -0.2) is 52.8 Å². The molecule has 1 aliphatic rings. The van der Waals surface area contributed by atoms with Crippen LogP contribution in [0.15, 0.2) is 53.6 Å². The second kappa shape index (κ2) is 10.2. The van der Waals surface area contributed by atoms with Crippen molar-refractivity contribution in [2.24, 2.45) is 0 Å². The molecule has 1 aliphatic heterocycles. The fourth-order valence-electron chi connectivity index (χ4n) is 3.80. The van der Waals surface area contributed by atoms with Gasteiger partial charge in [0.2, 0.25) is 11.8 Å². The van der Waals surface area contributed by atoms with E-state index in [1.165, 1.54) is 18.7 Å². The number of nitrogens with one attached hydrogen (secondary N) is 2. The molecule has 4 rings (SSSR count). The topological polar surface area (TPSA) is 96.5 Å². The molecule has 2 aromatic carbocycles. The summed E-state index contributed by atoms with van der Waals surface area (Å²) in [6, 6.07) is 14.8. The van der Waals surface area contributed by atoms with Gasteiger partial charge in [-0.1, -0.05) is 23.9 Å². The van der Waals surface area contributed by atoms with Crippen LogP contribution in [0.4, 0.5) is 17.2 Å². The first-order valence-electron chi connectivity index (χ1n) is 10.8. The van der Waals surface area contributed by atoms with Crippen LogP contribution < -0.4 is 15.5 Å². The summed E-state index contributed by atoms with van der Waals surface area (Å²) in [5.74, 6) is 0.702. The molecular formula is C24H27N5O3S. The Morgan fingerprint density at radius 3 is 2.15 bits per heavy atom. The van der Waals surface area contributed by atoms with Crippen molar-refractivity contribution in [1.82, 2.24) is 9.97 Å². The summed E-state index contributed by atoms with van der Waals surface area (Å²) in [4.78, 5) is 35.7. The predicted octanol–water partition coefficient (Wildman–Crippen LogP) is 3.93. The molecule has 3 aromatic rings. The number of carbonyl (C=O) groups excluding carboxylic acids is 2. The van der Waals surface area contributed by atoms with Gasteiger partial charge in [-0.2, -0.15) is 0 Å². The number of ether oxygens (including phenoxy) is 1. The van der Waals surface area contributed by atoms with Crippen LogP contribution in [0.1, 0.15) is 20.8 Å². The number of aromatic nitrogens is 2. The van der Waals surface area contributed by atoms with Gasteiger partial charge >= 0.3 is 0 Å². The van der Waals surface area contributed by atoms with Crippen molar-refractivity contribution < 1.29 is 14.3 Å². The van der Waals surface area contributed by atoms with Crippen molar-refractivity contribution in [3.8, 4) is 0 Å². The number of amides is 2. The third-order valence-corrected chi connectivity index (χ3v) is 6.02. The second-order valence-electron chi connectivity index (χ2n) is 8.10. The molecule has 2 atom stereocenters. The first kappa shape index (κ1) is 23.0. The van der Waals surface area contributed by atoms with Crippen LogP contribution in [0.3, 0.4) is 0 Å². The van der Waals surface area contributed by atoms with Crippen LogP contribution >= 0.6 is 11.8 Å². The van der Waals surface area contributed by atoms with Gasteiger partial charge in [-0.15, -0.1) is 0 Å². The lowest BCUT2D eigenvalue weighted by Gasteiger charge is -2.36. The molecule has 1 fully saturated rings. The lowest BCUT2D eigenvalue weighted by Crippen LogP contribution is -2.46. The standard InChI is InChI=1S/C24H27N5O3S/c1-15-12-29(13-16(2)32-15)23-24(28-21-7-5-4-6-20(21)27-23)33-14-22(31)26-19-10-8-18(9-11-19)25-17(3)30/h4-11,15-16H,12-14H2,1-3H3,(H,25,30)(H,26,31)/t15-,16-/m1/s1. The molecule has 0 unspecified atom stereocenters. The van der Waals surface area contributed by atoms with Gasteiger partial charge in [0.25, 0.3) is 0 Å². The molecule has 1 saturated heterocycles. The predicted molar refractivity (Wildman–Crippen MR) is 132 cm³/mol. The molecule has 1 aromatic heterocycles. The summed E-state index contributed by atoms with van der Waals surface area (Å²) in [5, 5.41) is 6.32. The summed E-state index contributed by atoms with van der Waals surface area (Å²) in [6.07, 6.45) is 0.173. The van der Waals surface area contributed by atoms with Crippen LogP contribution in [0.5, 0.6) is 0 Å². The zero-order valence-electron chi connectivity index (χ0n) is 18.9. The van der Waals surface area contributed by atoms with Crippen molar-refractivity contribution in [3.63, 3.8) is 0 Å². The monoisotopic (exact) mass is 465 g/mol. The third-order valence-electron chi connectivity index (χ3n) is 5.07. The fraction of sp³-hybridized carbons (Fsp3) is 0.333. The van der Waals surface area contributed by atoms with Gasteiger partial charge in [0.15, 0.2) is 5.82 Å². The van der Waals surface area contributed by atoms with Crippen molar-refractivity contribution >= 4 is 51.8 Å². The van der Waals surface area contributed by atoms with Gasteiger partial charge in [0.05, 0.1) is 29.0 Å². The van der Waals surface area contributed by atoms with Gasteiger partial charge in [-0.25, -0.2) is 9.97 Å². The number of morpholine rings is 1. The van der Waals surface area contributed by atoms with E-state index in [2.05, 4.69) is 29.4 Å². The number of carbonyl (C=O) groups is 2. The molecule has 0 saturated carbocycles. The van der Waals surface area contributed by atoms with Crippen molar-refractivity contribution in [1.29, 1.82) is 0 Å². The Bertz CT molecular complexity index is 1140. The zero-order chi connectivity index (χ0) is 23.4. The van der Waals surface area contributed by atoms with Gasteiger partial charge < -0.3 is 20.3 Å². The molecule has 9 heteroatoms. The average molecular weight is 466 g/mol. The maximum atomic E-state index is 12.6. The van der Waals surface area contributed by atoms with Crippen molar-refractivity contribution in [2.75, 3.05) is 34.4 Å². The number of benzene rings is 2. The number of anilines is 3. The van der Waals surface area contributed by atoms with Gasteiger partial charge in [0.1, 0.15) is 5.03 Å². The molecule has 33 heavy (non-hydrogen) atoms. The third kappa shape index (κ3) is 6.00. The maximum absolute atomic E-state index is 12.6. The summed E-state index contributed by atoms with van der Waals surface area (Å²) in [7, 11) is 0. The number of rotatable bonds is 6. The zero-order valence-corrected chi connectivity index (χ0v) is 19.7. The number of para-hydroxylation sites is 2. The molecule has 2 amide bonds. The number of thioether (sulfide) groups is 1. The van der Waals surface area contributed by atoms with Crippen LogP contribution in [0.2, 0.25) is 0 Å². The van der Waals surface area contributed by atoms with Crippen LogP contribution in [0, 0.1) is 0 Å². The molecule has 2 N–H and O–H groups in total. The first-order valence-corrected chi connectivity index (χ1v) is 11.8. The Labute approximate surface area is 197 Å². The van der Waals surface area contributed by atoms with E-state index < -0.39 is 0 Å². The van der Waals surface area contributed by atoms with Gasteiger partial charge in [-0.05, 0) is 50.2 Å². The SMILES string of the molecule is CC(=O)Nc1ccc(NC(=O)CSc2nc3ccccc3nc2N2C[C@@H](C)O[C@H](C)C2)cc1. The highest BCUT2D eigenvalue weighted by Crippen LogP contribution is 2.31. The second-order valence-corrected chi connectivity index (χ2v) is 9.06. The number of fused-ring (bicyclic) bond motifs is 1. The Morgan fingerprint density at radius 1 is 0.970 bits per heavy atom. The Morgan fingerprint density at radius 2 is 1.55 bits per heavy atom. The van der Waals surface area contributed by atoms with E-state index in [1.54, 1.807) is 24.3 Å². The lowest BCUT2D eigenvalue weighted by molar-refractivity contribution is -0.114. The van der Waals surface area contributed by atoms with E-state index in [4.69, 9.17) is 14.7 Å². The van der Waals surface area contributed by atoms with E-state index in [0.29, 0.717) is 11.4 Å². The average Bonchev–Trinajstić information content (AvgIpc) is 2.77. The maximum Gasteiger partial charge on any atom is 0.234 e. The quantitative estimate of drug-likeness (QED) is 0.533. The Hall–Kier alpha value is -3.17. The van der Waals surface area contributed by atoms with E-state index >= 15 is 0 Å². The lowest BCUT2D eigenvalue weighted by atomic mass is 10.2. The number of hydrogen-bond acceptors (Lipinski definition) is 7. The largest absolute Gasteiger partial charge is 0.372 e. The highest BCUT2D eigenvalue weighted by atomic mass is 32.2. The van der Waals surface area contributed by atoms with E-state index in [-0.39, 0.29) is 29.8 Å². The molecule has 0 radical (unpaired) electrons. The minimum Gasteiger partial charge on any atom is -0.372 e. The molecule has 8 nitrogen and oxygen atoms in total. The van der Waals surface area contributed by atoms with Crippen molar-refractivity contribution in [3.05, 3.63) is 48.5 Å². The minimum atomic E-state index is -0.142. The van der Waals surface area contributed by atoms with Crippen LogP contribution in [-0.2, 0) is 14.3 Å². The first-order chi connectivity index (χ1) is 15.9. The molecule has 0 spiro atoms. The van der Waals surface area contributed by atoms with Gasteiger partial charge in [0, 0.05) is 31.4 Å². The normalized spacial score (nSPS) is 18.2. The summed E-state index contributed by atoms with van der Waals surface area (Å²) >= 11 is 1.37. The Balaban J connectivity index is 1.49. The van der Waals surface area contributed by atoms with Gasteiger partial charge in [-0.3, -0.25) is 9.59 Å². The van der Waals surface area contributed by atoms with E-state index in [1.807, 2.05) is 24.3 Å². The van der Waals surface area contributed by atoms with E-state index in [9.17, 15) is 9.59 Å². The fourth-order valence-corrected chi connectivity index (χ4v) is 4.61. The highest BCUT2D eigenvalue weighted by Gasteiger charge is 2.26. The Kier molecular flexibility index (Phi) is 7.10. The smallest absolute Gasteiger partial charge is 0.234 e. The number of hydrogen-bond donors (Lipinski definition) is 2. The number of nitrogens with zero attached hydrogens (tertiary/aromatic N) is 3. The molecular weight excluding hydrogens is 438 g/mol.